The highest BCUT2D eigenvalue weighted by Crippen LogP contribution is 2.20. The summed E-state index contributed by atoms with van der Waals surface area (Å²) in [5.41, 5.74) is 4.22. The number of carbonyl (C=O) groups is 3. The second-order valence-corrected chi connectivity index (χ2v) is 7.77. The van der Waals surface area contributed by atoms with E-state index in [1.165, 1.54) is 28.6 Å². The molecule has 1 aliphatic rings. The van der Waals surface area contributed by atoms with Gasteiger partial charge in [0.05, 0.1) is 18.6 Å². The molecule has 148 valence electrons. The Morgan fingerprint density at radius 1 is 1.04 bits per heavy atom. The first-order valence-electron chi connectivity index (χ1n) is 8.36. The van der Waals surface area contributed by atoms with Crippen LogP contribution in [0.2, 0.25) is 0 Å². The van der Waals surface area contributed by atoms with E-state index in [4.69, 9.17) is 0 Å². The molecule has 0 spiro atoms. The number of benzene rings is 1. The van der Waals surface area contributed by atoms with Crippen LogP contribution in [0.15, 0.2) is 29.2 Å². The first-order valence-corrected chi connectivity index (χ1v) is 9.80. The summed E-state index contributed by atoms with van der Waals surface area (Å²) in [5.74, 6) is -1.21. The van der Waals surface area contributed by atoms with Gasteiger partial charge in [-0.3, -0.25) is 15.0 Å². The average molecular weight is 398 g/mol. The highest BCUT2D eigenvalue weighted by atomic mass is 32.2. The van der Waals surface area contributed by atoms with Gasteiger partial charge in [-0.1, -0.05) is 6.42 Å². The predicted molar refractivity (Wildman–Crippen MR) is 95.1 cm³/mol. The van der Waals surface area contributed by atoms with Crippen LogP contribution in [0.1, 0.15) is 29.6 Å². The van der Waals surface area contributed by atoms with Crippen LogP contribution in [-0.4, -0.2) is 57.4 Å². The zero-order valence-corrected chi connectivity index (χ0v) is 15.7. The van der Waals surface area contributed by atoms with Crippen molar-refractivity contribution in [1.82, 2.24) is 20.5 Å². The van der Waals surface area contributed by atoms with E-state index >= 15 is 0 Å². The molecule has 10 nitrogen and oxygen atoms in total. The number of nitrogens with one attached hydrogen (secondary N) is 3. The lowest BCUT2D eigenvalue weighted by Crippen LogP contribution is -2.46. The number of rotatable bonds is 5. The van der Waals surface area contributed by atoms with Gasteiger partial charge in [0.2, 0.25) is 10.0 Å². The molecule has 0 aliphatic carbocycles. The van der Waals surface area contributed by atoms with E-state index in [0.717, 1.165) is 26.4 Å². The third kappa shape index (κ3) is 5.66. The van der Waals surface area contributed by atoms with E-state index in [-0.39, 0.29) is 17.0 Å². The lowest BCUT2D eigenvalue weighted by molar-refractivity contribution is -0.120. The highest BCUT2D eigenvalue weighted by Gasteiger charge is 2.25. The summed E-state index contributed by atoms with van der Waals surface area (Å²) in [6, 6.07) is 5.52. The second-order valence-electron chi connectivity index (χ2n) is 5.84. The smallest absolute Gasteiger partial charge is 0.425 e. The number of hydrogen-bond acceptors (Lipinski definition) is 6. The van der Waals surface area contributed by atoms with Gasteiger partial charge in [0, 0.05) is 18.7 Å². The molecule has 1 aromatic carbocycles. The highest BCUT2D eigenvalue weighted by molar-refractivity contribution is 7.89. The maximum absolute atomic E-state index is 12.6. The molecule has 2 rings (SSSR count). The third-order valence-electron chi connectivity index (χ3n) is 3.97. The normalized spacial score (nSPS) is 14.9. The van der Waals surface area contributed by atoms with Gasteiger partial charge in [-0.15, -0.1) is 0 Å². The molecule has 0 aromatic heterocycles. The van der Waals surface area contributed by atoms with Crippen molar-refractivity contribution in [2.75, 3.05) is 26.7 Å². The fraction of sp³-hybridized carbons (Fsp3) is 0.438. The van der Waals surface area contributed by atoms with Crippen molar-refractivity contribution in [3.63, 3.8) is 0 Å². The number of hydrazine groups is 1. The van der Waals surface area contributed by atoms with Gasteiger partial charge in [0.15, 0.2) is 0 Å². The van der Waals surface area contributed by atoms with Crippen LogP contribution in [0.3, 0.4) is 0 Å². The number of sulfonamides is 1. The average Bonchev–Trinajstić information content (AvgIpc) is 2.70. The van der Waals surface area contributed by atoms with Gasteiger partial charge < -0.3 is 10.1 Å². The number of piperidine rings is 1. The summed E-state index contributed by atoms with van der Waals surface area (Å²) >= 11 is 0. The van der Waals surface area contributed by atoms with E-state index < -0.39 is 27.9 Å². The molecule has 0 bridgehead atoms. The number of hydrogen-bond donors (Lipinski definition) is 3. The Balaban J connectivity index is 1.91. The molecule has 1 aliphatic heterocycles. The number of nitrogens with zero attached hydrogens (tertiary/aromatic N) is 1. The molecular weight excluding hydrogens is 376 g/mol. The summed E-state index contributed by atoms with van der Waals surface area (Å²) in [7, 11) is -2.43. The zero-order valence-electron chi connectivity index (χ0n) is 14.9. The van der Waals surface area contributed by atoms with Gasteiger partial charge in [-0.2, -0.15) is 4.31 Å². The van der Waals surface area contributed by atoms with E-state index in [1.54, 1.807) is 0 Å². The third-order valence-corrected chi connectivity index (χ3v) is 5.88. The van der Waals surface area contributed by atoms with E-state index in [0.29, 0.717) is 13.1 Å². The zero-order chi connectivity index (χ0) is 19.9. The number of amides is 3. The lowest BCUT2D eigenvalue weighted by atomic mass is 10.2. The van der Waals surface area contributed by atoms with Gasteiger partial charge in [0.1, 0.15) is 0 Å². The molecule has 0 unspecified atom stereocenters. The quantitative estimate of drug-likeness (QED) is 0.597. The fourth-order valence-electron chi connectivity index (χ4n) is 2.51. The Kier molecular flexibility index (Phi) is 7.13. The van der Waals surface area contributed by atoms with Gasteiger partial charge in [-0.05, 0) is 37.1 Å². The summed E-state index contributed by atoms with van der Waals surface area (Å²) < 4.78 is 30.8. The molecule has 0 atom stereocenters. The van der Waals surface area contributed by atoms with Crippen LogP contribution >= 0.6 is 0 Å². The predicted octanol–water partition coefficient (Wildman–Crippen LogP) is -0.0218. The number of methoxy groups -OCH3 is 1. The maximum atomic E-state index is 12.6. The molecule has 11 heteroatoms. The fourth-order valence-corrected chi connectivity index (χ4v) is 4.03. The summed E-state index contributed by atoms with van der Waals surface area (Å²) in [6.45, 7) is 0.620. The van der Waals surface area contributed by atoms with Crippen molar-refractivity contribution in [3.05, 3.63) is 29.8 Å². The largest absolute Gasteiger partial charge is 0.452 e. The Labute approximate surface area is 157 Å². The molecule has 3 amide bonds. The van der Waals surface area contributed by atoms with Gasteiger partial charge >= 0.3 is 6.09 Å². The van der Waals surface area contributed by atoms with Crippen LogP contribution < -0.4 is 16.2 Å². The van der Waals surface area contributed by atoms with Crippen molar-refractivity contribution in [2.45, 2.75) is 24.2 Å². The summed E-state index contributed by atoms with van der Waals surface area (Å²) in [4.78, 5) is 34.5. The molecule has 1 heterocycles. The molecule has 3 N–H and O–H groups in total. The molecule has 1 aromatic rings. The lowest BCUT2D eigenvalue weighted by Gasteiger charge is -2.25. The van der Waals surface area contributed by atoms with Crippen molar-refractivity contribution in [3.8, 4) is 0 Å². The Morgan fingerprint density at radius 2 is 1.67 bits per heavy atom. The Morgan fingerprint density at radius 3 is 2.26 bits per heavy atom. The van der Waals surface area contributed by atoms with Gasteiger partial charge in [0.25, 0.3) is 11.8 Å². The van der Waals surface area contributed by atoms with E-state index in [2.05, 4.69) is 10.1 Å². The maximum Gasteiger partial charge on any atom is 0.425 e. The Bertz CT molecular complexity index is 788. The molecule has 1 saturated heterocycles. The second kappa shape index (κ2) is 9.33. The van der Waals surface area contributed by atoms with Crippen molar-refractivity contribution >= 4 is 27.9 Å². The van der Waals surface area contributed by atoms with Crippen molar-refractivity contribution in [2.24, 2.45) is 0 Å². The molecule has 27 heavy (non-hydrogen) atoms. The van der Waals surface area contributed by atoms with E-state index in [1.807, 2.05) is 10.9 Å². The van der Waals surface area contributed by atoms with Crippen LogP contribution in [0, 0.1) is 0 Å². The first-order chi connectivity index (χ1) is 12.8. The molecule has 0 radical (unpaired) electrons. The van der Waals surface area contributed by atoms with Crippen LogP contribution in [0.4, 0.5) is 4.79 Å². The van der Waals surface area contributed by atoms with Crippen molar-refractivity contribution < 1.29 is 27.5 Å². The topological polar surface area (TPSA) is 134 Å². The minimum Gasteiger partial charge on any atom is -0.452 e. The Hall–Kier alpha value is -2.66. The van der Waals surface area contributed by atoms with Crippen LogP contribution in [0.5, 0.6) is 0 Å². The SMILES string of the molecule is COC(=O)NNC(=O)CNC(=O)c1ccc(S(=O)(=O)N2CCCCC2)cc1. The molecular formula is C16H22N4O6S. The van der Waals surface area contributed by atoms with Crippen LogP contribution in [0.25, 0.3) is 0 Å². The standard InChI is InChI=1S/C16H22N4O6S/c1-26-16(23)19-18-14(21)11-17-15(22)12-5-7-13(8-6-12)27(24,25)20-9-3-2-4-10-20/h5-8H,2-4,9-11H2,1H3,(H,17,22)(H,18,21)(H,19,23). The van der Waals surface area contributed by atoms with Crippen molar-refractivity contribution in [1.29, 1.82) is 0 Å². The number of ether oxygens (including phenoxy) is 1. The van der Waals surface area contributed by atoms with E-state index in [9.17, 15) is 22.8 Å². The molecule has 1 fully saturated rings. The molecule has 0 saturated carbocycles. The first kappa shape index (κ1) is 20.6. The monoisotopic (exact) mass is 398 g/mol. The summed E-state index contributed by atoms with van der Waals surface area (Å²) in [5, 5.41) is 2.36. The van der Waals surface area contributed by atoms with Crippen LogP contribution in [-0.2, 0) is 19.6 Å². The number of carbonyl (C=O) groups excluding carboxylic acids is 3. The van der Waals surface area contributed by atoms with Gasteiger partial charge in [-0.25, -0.2) is 18.6 Å². The summed E-state index contributed by atoms with van der Waals surface area (Å²) in [6.07, 6.45) is 1.85. The minimum absolute atomic E-state index is 0.126. The minimum atomic E-state index is -3.56.